The highest BCUT2D eigenvalue weighted by atomic mass is 35.5. The number of piperazine rings is 1. The summed E-state index contributed by atoms with van der Waals surface area (Å²) in [6.07, 6.45) is -0.321. The number of likely N-dealkylation sites (N-methyl/N-ethyl adjacent to an activating group) is 1. The van der Waals surface area contributed by atoms with Crippen LogP contribution in [0.2, 0.25) is 5.02 Å². The minimum Gasteiger partial charge on any atom is -0.494 e. The van der Waals surface area contributed by atoms with E-state index in [-0.39, 0.29) is 24.4 Å². The van der Waals surface area contributed by atoms with E-state index in [9.17, 15) is 14.7 Å². The lowest BCUT2D eigenvalue weighted by molar-refractivity contribution is -0.119. The maximum Gasteiger partial charge on any atom is 0.410 e. The highest BCUT2D eigenvalue weighted by molar-refractivity contribution is 6.31. The number of nitrogens with one attached hydrogen (secondary N) is 1. The predicted molar refractivity (Wildman–Crippen MR) is 171 cm³/mol. The van der Waals surface area contributed by atoms with Crippen LogP contribution >= 0.6 is 11.6 Å². The third-order valence-corrected chi connectivity index (χ3v) is 7.49. The van der Waals surface area contributed by atoms with Crippen molar-refractivity contribution in [2.24, 2.45) is 4.99 Å². The number of halogens is 1. The van der Waals surface area contributed by atoms with Gasteiger partial charge in [0.05, 0.1) is 29.0 Å². The standard InChI is InChI=1S/C33H36ClN5O4/c1-33(2,3)43-32(42)39-18-16-38(17-19-39)21-28(40)37(4)25-13-11-24(12-14-25)35-30(22-8-6-5-7-9-22)29-26-15-10-23(34)20-27(26)36-31(29)41/h5-15,20,36,41H,16-19,21H2,1-4H3. The minimum atomic E-state index is -0.538. The van der Waals surface area contributed by atoms with Gasteiger partial charge in [0, 0.05) is 54.9 Å². The van der Waals surface area contributed by atoms with Crippen molar-refractivity contribution in [2.75, 3.05) is 44.7 Å². The van der Waals surface area contributed by atoms with Gasteiger partial charge in [-0.25, -0.2) is 9.79 Å². The molecule has 0 aliphatic carbocycles. The molecule has 224 valence electrons. The molecule has 0 spiro atoms. The molecule has 10 heteroatoms. The molecule has 1 aliphatic heterocycles. The average molecular weight is 602 g/mol. The first-order chi connectivity index (χ1) is 20.5. The molecule has 1 fully saturated rings. The van der Waals surface area contributed by atoms with Gasteiger partial charge in [-0.05, 0) is 57.2 Å². The number of aromatic nitrogens is 1. The van der Waals surface area contributed by atoms with Crippen molar-refractivity contribution in [3.63, 3.8) is 0 Å². The summed E-state index contributed by atoms with van der Waals surface area (Å²) in [7, 11) is 1.75. The summed E-state index contributed by atoms with van der Waals surface area (Å²) in [5.74, 6) is -0.0388. The van der Waals surface area contributed by atoms with E-state index in [1.54, 1.807) is 29.0 Å². The molecule has 0 atom stereocenters. The van der Waals surface area contributed by atoms with Crippen molar-refractivity contribution in [3.05, 3.63) is 88.9 Å². The maximum atomic E-state index is 13.1. The first kappa shape index (κ1) is 30.1. The summed E-state index contributed by atoms with van der Waals surface area (Å²) in [4.78, 5) is 38.8. The highest BCUT2D eigenvalue weighted by Gasteiger charge is 2.27. The summed E-state index contributed by atoms with van der Waals surface area (Å²) in [6, 6.07) is 22.5. The van der Waals surface area contributed by atoms with E-state index < -0.39 is 5.60 Å². The Kier molecular flexibility index (Phi) is 8.75. The molecule has 1 aliphatic rings. The van der Waals surface area contributed by atoms with Crippen LogP contribution in [0, 0.1) is 0 Å². The number of carbonyl (C=O) groups is 2. The lowest BCUT2D eigenvalue weighted by Gasteiger charge is -2.35. The summed E-state index contributed by atoms with van der Waals surface area (Å²) in [5.41, 5.74) is 3.62. The number of amides is 2. The highest BCUT2D eigenvalue weighted by Crippen LogP contribution is 2.33. The average Bonchev–Trinajstić information content (AvgIpc) is 3.30. The van der Waals surface area contributed by atoms with Gasteiger partial charge in [0.15, 0.2) is 5.88 Å². The van der Waals surface area contributed by atoms with Crippen molar-refractivity contribution < 1.29 is 19.4 Å². The summed E-state index contributed by atoms with van der Waals surface area (Å²) in [5, 5.41) is 12.3. The van der Waals surface area contributed by atoms with Gasteiger partial charge >= 0.3 is 6.09 Å². The number of benzene rings is 3. The molecule has 5 rings (SSSR count). The SMILES string of the molecule is CN(C(=O)CN1CCN(C(=O)OC(C)(C)C)CC1)c1ccc(N=C(c2ccccc2)c2c(O)[nH]c3cc(Cl)ccc23)cc1. The van der Waals surface area contributed by atoms with E-state index in [1.807, 2.05) is 86.3 Å². The number of aromatic amines is 1. The fourth-order valence-corrected chi connectivity index (χ4v) is 5.16. The van der Waals surface area contributed by atoms with Crippen LogP contribution in [0.4, 0.5) is 16.2 Å². The minimum absolute atomic E-state index is 0.00810. The van der Waals surface area contributed by atoms with E-state index in [0.29, 0.717) is 53.7 Å². The fourth-order valence-electron chi connectivity index (χ4n) is 4.99. The largest absolute Gasteiger partial charge is 0.494 e. The van der Waals surface area contributed by atoms with Crippen LogP contribution < -0.4 is 4.90 Å². The van der Waals surface area contributed by atoms with Crippen LogP contribution in [0.3, 0.4) is 0 Å². The molecule has 9 nitrogen and oxygen atoms in total. The van der Waals surface area contributed by atoms with Gasteiger partial charge in [-0.2, -0.15) is 0 Å². The molecule has 1 aromatic heterocycles. The first-order valence-electron chi connectivity index (χ1n) is 14.2. The summed E-state index contributed by atoms with van der Waals surface area (Å²) in [6.45, 7) is 8.03. The lowest BCUT2D eigenvalue weighted by atomic mass is 10.0. The number of hydrogen-bond acceptors (Lipinski definition) is 6. The van der Waals surface area contributed by atoms with E-state index in [0.717, 1.165) is 16.6 Å². The molecule has 0 radical (unpaired) electrons. The number of ether oxygens (including phenoxy) is 1. The fraction of sp³-hybridized carbons (Fsp3) is 0.303. The Hall–Kier alpha value is -4.34. The summed E-state index contributed by atoms with van der Waals surface area (Å²) < 4.78 is 5.46. The van der Waals surface area contributed by atoms with E-state index in [4.69, 9.17) is 21.3 Å². The van der Waals surface area contributed by atoms with E-state index in [2.05, 4.69) is 4.98 Å². The molecule has 0 saturated carbocycles. The third-order valence-electron chi connectivity index (χ3n) is 7.26. The van der Waals surface area contributed by atoms with Crippen LogP contribution in [0.1, 0.15) is 31.9 Å². The normalized spacial score (nSPS) is 14.6. The Bertz CT molecular complexity index is 1640. The number of carbonyl (C=O) groups excluding carboxylic acids is 2. The predicted octanol–water partition coefficient (Wildman–Crippen LogP) is 6.21. The number of anilines is 1. The van der Waals surface area contributed by atoms with Gasteiger partial charge in [-0.15, -0.1) is 0 Å². The molecular weight excluding hydrogens is 566 g/mol. The van der Waals surface area contributed by atoms with Gasteiger partial charge in [0.25, 0.3) is 0 Å². The van der Waals surface area contributed by atoms with Gasteiger partial charge in [0.1, 0.15) is 5.60 Å². The zero-order chi connectivity index (χ0) is 30.7. The number of fused-ring (bicyclic) bond motifs is 1. The van der Waals surface area contributed by atoms with Gasteiger partial charge in [-0.3, -0.25) is 9.69 Å². The molecular formula is C33H36ClN5O4. The Morgan fingerprint density at radius 3 is 2.33 bits per heavy atom. The number of aliphatic imine (C=N–C) groups is 1. The Balaban J connectivity index is 1.30. The molecule has 4 aromatic rings. The van der Waals surface area contributed by atoms with Crippen LogP contribution in [0.15, 0.2) is 77.8 Å². The lowest BCUT2D eigenvalue weighted by Crippen LogP contribution is -2.52. The Labute approximate surface area is 256 Å². The van der Waals surface area contributed by atoms with Crippen LogP contribution in [-0.2, 0) is 9.53 Å². The monoisotopic (exact) mass is 601 g/mol. The Morgan fingerprint density at radius 1 is 1.00 bits per heavy atom. The van der Waals surface area contributed by atoms with Crippen molar-refractivity contribution in [2.45, 2.75) is 26.4 Å². The molecule has 0 bridgehead atoms. The molecule has 43 heavy (non-hydrogen) atoms. The molecule has 1 saturated heterocycles. The second-order valence-electron chi connectivity index (χ2n) is 11.6. The number of hydrogen-bond donors (Lipinski definition) is 2. The van der Waals surface area contributed by atoms with Crippen molar-refractivity contribution in [1.82, 2.24) is 14.8 Å². The second kappa shape index (κ2) is 12.5. The molecule has 3 aromatic carbocycles. The zero-order valence-electron chi connectivity index (χ0n) is 24.8. The third kappa shape index (κ3) is 7.18. The topological polar surface area (TPSA) is 101 Å². The molecule has 2 amide bonds. The van der Waals surface area contributed by atoms with Crippen molar-refractivity contribution in [1.29, 1.82) is 0 Å². The van der Waals surface area contributed by atoms with Crippen molar-refractivity contribution in [3.8, 4) is 5.88 Å². The van der Waals surface area contributed by atoms with Crippen LogP contribution in [0.25, 0.3) is 10.9 Å². The van der Waals surface area contributed by atoms with Gasteiger partial charge in [0.2, 0.25) is 5.91 Å². The number of nitrogens with zero attached hydrogens (tertiary/aromatic N) is 4. The van der Waals surface area contributed by atoms with Gasteiger partial charge < -0.3 is 24.6 Å². The molecule has 0 unspecified atom stereocenters. The number of aromatic hydroxyl groups is 1. The second-order valence-corrected chi connectivity index (χ2v) is 12.0. The zero-order valence-corrected chi connectivity index (χ0v) is 25.6. The van der Waals surface area contributed by atoms with E-state index in [1.165, 1.54) is 0 Å². The molecule has 2 heterocycles. The van der Waals surface area contributed by atoms with Gasteiger partial charge in [-0.1, -0.05) is 48.0 Å². The quantitative estimate of drug-likeness (QED) is 0.256. The van der Waals surface area contributed by atoms with Crippen LogP contribution in [-0.4, -0.2) is 83.0 Å². The van der Waals surface area contributed by atoms with E-state index >= 15 is 0 Å². The van der Waals surface area contributed by atoms with Crippen molar-refractivity contribution >= 4 is 51.6 Å². The smallest absolute Gasteiger partial charge is 0.410 e. The first-order valence-corrected chi connectivity index (χ1v) is 14.6. The maximum absolute atomic E-state index is 13.1. The number of H-pyrrole nitrogens is 1. The Morgan fingerprint density at radius 2 is 1.67 bits per heavy atom. The summed E-state index contributed by atoms with van der Waals surface area (Å²) >= 11 is 6.18. The molecule has 2 N–H and O–H groups in total. The van der Waals surface area contributed by atoms with Crippen LogP contribution in [0.5, 0.6) is 5.88 Å². The number of rotatable bonds is 6.